The van der Waals surface area contributed by atoms with Crippen LogP contribution in [0.5, 0.6) is 0 Å². The SMILES string of the molecule is Cc1ccc(C)c(S(=O)(=O)C(CC#N)c2ccccc2)c1. The summed E-state index contributed by atoms with van der Waals surface area (Å²) in [4.78, 5) is 0.312. The maximum absolute atomic E-state index is 12.9. The summed E-state index contributed by atoms with van der Waals surface area (Å²) < 4.78 is 25.9. The highest BCUT2D eigenvalue weighted by atomic mass is 32.2. The predicted octanol–water partition coefficient (Wildman–Crippen LogP) is 3.73. The van der Waals surface area contributed by atoms with E-state index in [2.05, 4.69) is 0 Å². The van der Waals surface area contributed by atoms with Crippen molar-refractivity contribution in [3.05, 3.63) is 65.2 Å². The van der Waals surface area contributed by atoms with E-state index >= 15 is 0 Å². The van der Waals surface area contributed by atoms with Gasteiger partial charge in [-0.2, -0.15) is 5.26 Å². The zero-order valence-electron chi connectivity index (χ0n) is 12.1. The van der Waals surface area contributed by atoms with Crippen LogP contribution in [0.3, 0.4) is 0 Å². The Bertz CT molecular complexity index is 774. The van der Waals surface area contributed by atoms with Crippen molar-refractivity contribution in [3.8, 4) is 6.07 Å². The highest BCUT2D eigenvalue weighted by Gasteiger charge is 2.30. The number of hydrogen-bond donors (Lipinski definition) is 0. The lowest BCUT2D eigenvalue weighted by molar-refractivity contribution is 0.582. The lowest BCUT2D eigenvalue weighted by atomic mass is 10.1. The fraction of sp³-hybridized carbons (Fsp3) is 0.235. The highest BCUT2D eigenvalue weighted by molar-refractivity contribution is 7.91. The molecule has 0 saturated heterocycles. The highest BCUT2D eigenvalue weighted by Crippen LogP contribution is 2.33. The molecule has 0 aliphatic heterocycles. The summed E-state index contributed by atoms with van der Waals surface area (Å²) in [5.41, 5.74) is 2.25. The molecule has 2 rings (SSSR count). The first-order valence-electron chi connectivity index (χ1n) is 6.70. The van der Waals surface area contributed by atoms with Gasteiger partial charge in [-0.25, -0.2) is 8.42 Å². The molecule has 2 aromatic carbocycles. The fourth-order valence-electron chi connectivity index (χ4n) is 2.32. The fourth-order valence-corrected chi connectivity index (χ4v) is 4.31. The Balaban J connectivity index is 2.59. The van der Waals surface area contributed by atoms with E-state index in [9.17, 15) is 8.42 Å². The molecule has 0 aliphatic rings. The van der Waals surface area contributed by atoms with Crippen molar-refractivity contribution in [1.82, 2.24) is 0 Å². The molecular weight excluding hydrogens is 282 g/mol. The van der Waals surface area contributed by atoms with Crippen molar-refractivity contribution < 1.29 is 8.42 Å². The molecule has 0 radical (unpaired) electrons. The van der Waals surface area contributed by atoms with Crippen molar-refractivity contribution in [1.29, 1.82) is 5.26 Å². The lowest BCUT2D eigenvalue weighted by Crippen LogP contribution is -2.15. The molecule has 0 heterocycles. The topological polar surface area (TPSA) is 57.9 Å². The Kier molecular flexibility index (Phi) is 4.44. The maximum Gasteiger partial charge on any atom is 0.186 e. The molecule has 0 aliphatic carbocycles. The van der Waals surface area contributed by atoms with Crippen LogP contribution >= 0.6 is 0 Å². The van der Waals surface area contributed by atoms with Gasteiger partial charge in [0.15, 0.2) is 9.84 Å². The van der Waals surface area contributed by atoms with Gasteiger partial charge >= 0.3 is 0 Å². The molecule has 108 valence electrons. The second-order valence-corrected chi connectivity index (χ2v) is 7.17. The molecule has 0 N–H and O–H groups in total. The van der Waals surface area contributed by atoms with Crippen molar-refractivity contribution in [2.75, 3.05) is 0 Å². The quantitative estimate of drug-likeness (QED) is 0.864. The van der Waals surface area contributed by atoms with E-state index in [0.29, 0.717) is 16.0 Å². The first kappa shape index (κ1) is 15.3. The first-order valence-corrected chi connectivity index (χ1v) is 8.24. The summed E-state index contributed by atoms with van der Waals surface area (Å²) in [5, 5.41) is 8.19. The third-order valence-corrected chi connectivity index (χ3v) is 5.71. The van der Waals surface area contributed by atoms with Crippen LogP contribution in [0.25, 0.3) is 0 Å². The average Bonchev–Trinajstić information content (AvgIpc) is 2.48. The van der Waals surface area contributed by atoms with Crippen LogP contribution < -0.4 is 0 Å². The summed E-state index contributed by atoms with van der Waals surface area (Å²) >= 11 is 0. The van der Waals surface area contributed by atoms with Crippen LogP contribution in [-0.2, 0) is 9.84 Å². The van der Waals surface area contributed by atoms with Crippen LogP contribution in [0.15, 0.2) is 53.4 Å². The van der Waals surface area contributed by atoms with Gasteiger partial charge in [0.05, 0.1) is 17.4 Å². The van der Waals surface area contributed by atoms with Gasteiger partial charge in [0, 0.05) is 0 Å². The second kappa shape index (κ2) is 6.11. The molecule has 0 saturated carbocycles. The Morgan fingerprint density at radius 2 is 1.76 bits per heavy atom. The summed E-state index contributed by atoms with van der Waals surface area (Å²) in [5.74, 6) is 0. The van der Waals surface area contributed by atoms with Crippen LogP contribution in [-0.4, -0.2) is 8.42 Å². The van der Waals surface area contributed by atoms with E-state index in [1.807, 2.05) is 25.1 Å². The Hall–Kier alpha value is -2.12. The van der Waals surface area contributed by atoms with Crippen molar-refractivity contribution in [2.24, 2.45) is 0 Å². The number of benzene rings is 2. The van der Waals surface area contributed by atoms with E-state index in [4.69, 9.17) is 5.26 Å². The second-order valence-electron chi connectivity index (χ2n) is 5.08. The normalized spacial score (nSPS) is 12.6. The lowest BCUT2D eigenvalue weighted by Gasteiger charge is -2.17. The molecule has 1 atom stereocenters. The number of nitriles is 1. The number of sulfone groups is 1. The standard InChI is InChI=1S/C17H17NO2S/c1-13-8-9-14(2)17(12-13)21(19,20)16(10-11-18)15-6-4-3-5-7-15/h3-9,12,16H,10H2,1-2H3. The van der Waals surface area contributed by atoms with Crippen molar-refractivity contribution in [3.63, 3.8) is 0 Å². The monoisotopic (exact) mass is 299 g/mol. The number of aryl methyl sites for hydroxylation is 2. The summed E-state index contributed by atoms with van der Waals surface area (Å²) in [7, 11) is -3.59. The Labute approximate surface area is 125 Å². The molecule has 1 unspecified atom stereocenters. The summed E-state index contributed by atoms with van der Waals surface area (Å²) in [6.45, 7) is 3.64. The third kappa shape index (κ3) is 3.14. The van der Waals surface area contributed by atoms with Gasteiger partial charge < -0.3 is 0 Å². The van der Waals surface area contributed by atoms with Crippen molar-refractivity contribution in [2.45, 2.75) is 30.4 Å². The van der Waals surface area contributed by atoms with E-state index in [1.54, 1.807) is 43.3 Å². The molecule has 21 heavy (non-hydrogen) atoms. The zero-order chi connectivity index (χ0) is 15.5. The van der Waals surface area contributed by atoms with Gasteiger partial charge in [-0.1, -0.05) is 42.5 Å². The molecule has 0 amide bonds. The molecule has 0 bridgehead atoms. The zero-order valence-corrected chi connectivity index (χ0v) is 12.9. The van der Waals surface area contributed by atoms with Crippen LogP contribution in [0.4, 0.5) is 0 Å². The molecule has 0 aromatic heterocycles. The van der Waals surface area contributed by atoms with Gasteiger partial charge in [-0.05, 0) is 36.6 Å². The average molecular weight is 299 g/mol. The Morgan fingerprint density at radius 1 is 1.10 bits per heavy atom. The van der Waals surface area contributed by atoms with Gasteiger partial charge in [-0.3, -0.25) is 0 Å². The van der Waals surface area contributed by atoms with E-state index in [-0.39, 0.29) is 6.42 Å². The van der Waals surface area contributed by atoms with E-state index in [0.717, 1.165) is 5.56 Å². The molecule has 0 spiro atoms. The summed E-state index contributed by atoms with van der Waals surface area (Å²) in [6, 6.07) is 16.3. The summed E-state index contributed by atoms with van der Waals surface area (Å²) in [6.07, 6.45) is -0.0558. The van der Waals surface area contributed by atoms with Crippen LogP contribution in [0, 0.1) is 25.2 Å². The first-order chi connectivity index (χ1) is 9.96. The molecule has 0 fully saturated rings. The predicted molar refractivity (Wildman–Crippen MR) is 82.5 cm³/mol. The van der Waals surface area contributed by atoms with Gasteiger partial charge in [0.2, 0.25) is 0 Å². The van der Waals surface area contributed by atoms with Gasteiger partial charge in [-0.15, -0.1) is 0 Å². The van der Waals surface area contributed by atoms with E-state index < -0.39 is 15.1 Å². The number of nitrogens with zero attached hydrogens (tertiary/aromatic N) is 1. The van der Waals surface area contributed by atoms with E-state index in [1.165, 1.54) is 0 Å². The minimum absolute atomic E-state index is 0.0558. The minimum Gasteiger partial charge on any atom is -0.223 e. The molecule has 4 heteroatoms. The van der Waals surface area contributed by atoms with Crippen molar-refractivity contribution >= 4 is 9.84 Å². The largest absolute Gasteiger partial charge is 0.223 e. The third-order valence-electron chi connectivity index (χ3n) is 3.47. The smallest absolute Gasteiger partial charge is 0.186 e. The molecule has 2 aromatic rings. The van der Waals surface area contributed by atoms with Crippen LogP contribution in [0.2, 0.25) is 0 Å². The maximum atomic E-state index is 12.9. The Morgan fingerprint density at radius 3 is 2.38 bits per heavy atom. The minimum atomic E-state index is -3.59. The molecule has 3 nitrogen and oxygen atoms in total. The van der Waals surface area contributed by atoms with Gasteiger partial charge in [0.1, 0.15) is 5.25 Å². The van der Waals surface area contributed by atoms with Crippen LogP contribution in [0.1, 0.15) is 28.4 Å². The van der Waals surface area contributed by atoms with Gasteiger partial charge in [0.25, 0.3) is 0 Å². The molecular formula is C17H17NO2S. The number of hydrogen-bond acceptors (Lipinski definition) is 3. The number of rotatable bonds is 4.